The molecule has 0 fully saturated rings. The van der Waals surface area contributed by atoms with Crippen molar-refractivity contribution in [3.05, 3.63) is 29.8 Å². The van der Waals surface area contributed by atoms with Crippen LogP contribution in [0.5, 0.6) is 5.88 Å². The van der Waals surface area contributed by atoms with E-state index in [1.807, 2.05) is 31.2 Å². The van der Waals surface area contributed by atoms with E-state index < -0.39 is 5.92 Å². The Morgan fingerprint density at radius 1 is 1.45 bits per heavy atom. The first kappa shape index (κ1) is 12.4. The van der Waals surface area contributed by atoms with Crippen LogP contribution in [0.1, 0.15) is 24.8 Å². The lowest BCUT2D eigenvalue weighted by molar-refractivity contribution is -0.116. The van der Waals surface area contributed by atoms with Crippen LogP contribution in [-0.4, -0.2) is 17.5 Å². The average Bonchev–Trinajstić information content (AvgIpc) is 2.46. The van der Waals surface area contributed by atoms with Crippen LogP contribution in [0.25, 0.3) is 10.8 Å². The van der Waals surface area contributed by atoms with E-state index >= 15 is 0 Å². The van der Waals surface area contributed by atoms with Crippen LogP contribution in [0.15, 0.2) is 24.3 Å². The lowest BCUT2D eigenvalue weighted by atomic mass is 9.90. The standard InChI is InChI=1S/C15H13N3O2/c1-2-20-15-11-6-4-3-5-10(11)13-9(8-16)7-12(19)17-14(13)18-15/h3-6,9H,2,7H2,1H3,(H,17,18,19). The number of anilines is 1. The fraction of sp³-hybridized carbons (Fsp3) is 0.267. The number of nitrogens with one attached hydrogen (secondary N) is 1. The van der Waals surface area contributed by atoms with Gasteiger partial charge in [0.25, 0.3) is 0 Å². The number of nitrogens with zero attached hydrogens (tertiary/aromatic N) is 2. The summed E-state index contributed by atoms with van der Waals surface area (Å²) in [6, 6.07) is 9.85. The van der Waals surface area contributed by atoms with Gasteiger partial charge in [-0.2, -0.15) is 10.2 Å². The third-order valence-electron chi connectivity index (χ3n) is 3.35. The second-order valence-corrected chi connectivity index (χ2v) is 4.59. The van der Waals surface area contributed by atoms with Crippen molar-refractivity contribution in [2.24, 2.45) is 0 Å². The van der Waals surface area contributed by atoms with E-state index in [0.717, 1.165) is 16.3 Å². The van der Waals surface area contributed by atoms with Gasteiger partial charge in [0.1, 0.15) is 5.82 Å². The topological polar surface area (TPSA) is 75.0 Å². The van der Waals surface area contributed by atoms with Crippen LogP contribution in [0.2, 0.25) is 0 Å². The third kappa shape index (κ3) is 1.86. The first-order valence-corrected chi connectivity index (χ1v) is 6.49. The van der Waals surface area contributed by atoms with Crippen molar-refractivity contribution in [2.45, 2.75) is 19.3 Å². The van der Waals surface area contributed by atoms with Crippen LogP contribution in [0.3, 0.4) is 0 Å². The quantitative estimate of drug-likeness (QED) is 0.907. The number of fused-ring (bicyclic) bond motifs is 3. The summed E-state index contributed by atoms with van der Waals surface area (Å²) < 4.78 is 5.54. The second-order valence-electron chi connectivity index (χ2n) is 4.59. The molecule has 100 valence electrons. The summed E-state index contributed by atoms with van der Waals surface area (Å²) in [5.41, 5.74) is 0.783. The minimum absolute atomic E-state index is 0.170. The Bertz CT molecular complexity index is 734. The van der Waals surface area contributed by atoms with Gasteiger partial charge in [-0.05, 0) is 18.4 Å². The van der Waals surface area contributed by atoms with E-state index in [4.69, 9.17) is 4.74 Å². The number of hydrogen-bond donors (Lipinski definition) is 1. The van der Waals surface area contributed by atoms with Gasteiger partial charge in [-0.3, -0.25) is 4.79 Å². The highest BCUT2D eigenvalue weighted by atomic mass is 16.5. The third-order valence-corrected chi connectivity index (χ3v) is 3.35. The molecule has 2 heterocycles. The monoisotopic (exact) mass is 267 g/mol. The predicted octanol–water partition coefficient (Wildman–Crippen LogP) is 2.58. The largest absolute Gasteiger partial charge is 0.477 e. The number of aromatic nitrogens is 1. The molecule has 0 spiro atoms. The molecule has 2 aromatic rings. The fourth-order valence-corrected chi connectivity index (χ4v) is 2.53. The maximum Gasteiger partial charge on any atom is 0.227 e. The molecule has 1 aliphatic rings. The second kappa shape index (κ2) is 4.82. The number of hydrogen-bond acceptors (Lipinski definition) is 4. The lowest BCUT2D eigenvalue weighted by Crippen LogP contribution is -2.23. The molecule has 5 heteroatoms. The van der Waals surface area contributed by atoms with Crippen molar-refractivity contribution in [3.8, 4) is 11.9 Å². The summed E-state index contributed by atoms with van der Waals surface area (Å²) in [5.74, 6) is 0.275. The summed E-state index contributed by atoms with van der Waals surface area (Å²) in [7, 11) is 0. The fourth-order valence-electron chi connectivity index (χ4n) is 2.53. The Kier molecular flexibility index (Phi) is 2.99. The Labute approximate surface area is 116 Å². The zero-order chi connectivity index (χ0) is 14.1. The normalized spacial score (nSPS) is 17.2. The van der Waals surface area contributed by atoms with Gasteiger partial charge in [0, 0.05) is 17.4 Å². The molecule has 20 heavy (non-hydrogen) atoms. The zero-order valence-corrected chi connectivity index (χ0v) is 11.0. The minimum atomic E-state index is -0.466. The Hall–Kier alpha value is -2.61. The number of nitriles is 1. The van der Waals surface area contributed by atoms with E-state index in [1.165, 1.54) is 0 Å². The molecule has 1 aromatic carbocycles. The zero-order valence-electron chi connectivity index (χ0n) is 11.0. The van der Waals surface area contributed by atoms with Gasteiger partial charge in [0.15, 0.2) is 0 Å². The Morgan fingerprint density at radius 2 is 2.20 bits per heavy atom. The van der Waals surface area contributed by atoms with Gasteiger partial charge in [-0.15, -0.1) is 0 Å². The molecule has 0 radical (unpaired) electrons. The molecular formula is C15H13N3O2. The SMILES string of the molecule is CCOc1nc2c(c3ccccc13)C(C#N)CC(=O)N2. The molecule has 1 aromatic heterocycles. The smallest absolute Gasteiger partial charge is 0.227 e. The maximum absolute atomic E-state index is 11.7. The number of amides is 1. The van der Waals surface area contributed by atoms with Gasteiger partial charge >= 0.3 is 0 Å². The van der Waals surface area contributed by atoms with E-state index in [1.54, 1.807) is 0 Å². The molecule has 1 N–H and O–H groups in total. The van der Waals surface area contributed by atoms with Crippen LogP contribution >= 0.6 is 0 Å². The summed E-state index contributed by atoms with van der Waals surface area (Å²) >= 11 is 0. The number of carbonyl (C=O) groups is 1. The van der Waals surface area contributed by atoms with Gasteiger partial charge in [-0.25, -0.2) is 0 Å². The number of benzene rings is 1. The molecule has 1 atom stereocenters. The number of ether oxygens (including phenoxy) is 1. The summed E-state index contributed by atoms with van der Waals surface area (Å²) in [6.07, 6.45) is 0.170. The highest BCUT2D eigenvalue weighted by Crippen LogP contribution is 2.39. The van der Waals surface area contributed by atoms with Crippen LogP contribution in [0, 0.1) is 11.3 Å². The molecule has 3 rings (SSSR count). The highest BCUT2D eigenvalue weighted by Gasteiger charge is 2.29. The molecule has 1 amide bonds. The van der Waals surface area contributed by atoms with E-state index in [2.05, 4.69) is 16.4 Å². The minimum Gasteiger partial charge on any atom is -0.477 e. The first-order valence-electron chi connectivity index (χ1n) is 6.49. The molecule has 0 saturated carbocycles. The van der Waals surface area contributed by atoms with Crippen LogP contribution in [-0.2, 0) is 4.79 Å². The molecule has 5 nitrogen and oxygen atoms in total. The molecule has 0 aliphatic carbocycles. The van der Waals surface area contributed by atoms with Gasteiger partial charge < -0.3 is 10.1 Å². The first-order chi connectivity index (χ1) is 9.74. The van der Waals surface area contributed by atoms with Gasteiger partial charge in [-0.1, -0.05) is 18.2 Å². The van der Waals surface area contributed by atoms with Gasteiger partial charge in [0.05, 0.1) is 18.6 Å². The summed E-state index contributed by atoms with van der Waals surface area (Å²) in [6.45, 7) is 2.37. The van der Waals surface area contributed by atoms with E-state index in [-0.39, 0.29) is 12.3 Å². The number of carbonyl (C=O) groups excluding carboxylic acids is 1. The van der Waals surface area contributed by atoms with Crippen molar-refractivity contribution in [3.63, 3.8) is 0 Å². The van der Waals surface area contributed by atoms with Crippen LogP contribution in [0.4, 0.5) is 5.82 Å². The molecule has 1 aliphatic heterocycles. The molecule has 1 unspecified atom stereocenters. The average molecular weight is 267 g/mol. The summed E-state index contributed by atoms with van der Waals surface area (Å²) in [4.78, 5) is 16.0. The lowest BCUT2D eigenvalue weighted by Gasteiger charge is -2.23. The van der Waals surface area contributed by atoms with Crippen molar-refractivity contribution in [1.82, 2.24) is 4.98 Å². The van der Waals surface area contributed by atoms with Crippen molar-refractivity contribution in [2.75, 3.05) is 11.9 Å². The maximum atomic E-state index is 11.7. The Balaban J connectivity index is 2.33. The summed E-state index contributed by atoms with van der Waals surface area (Å²) in [5, 5.41) is 13.8. The molecular weight excluding hydrogens is 254 g/mol. The van der Waals surface area contributed by atoms with Crippen molar-refractivity contribution >= 4 is 22.5 Å². The number of rotatable bonds is 2. The van der Waals surface area contributed by atoms with Crippen molar-refractivity contribution in [1.29, 1.82) is 5.26 Å². The Morgan fingerprint density at radius 3 is 2.90 bits per heavy atom. The number of pyridine rings is 1. The van der Waals surface area contributed by atoms with Crippen LogP contribution < -0.4 is 10.1 Å². The highest BCUT2D eigenvalue weighted by molar-refractivity contribution is 6.01. The molecule has 0 saturated heterocycles. The van der Waals surface area contributed by atoms with Crippen molar-refractivity contribution < 1.29 is 9.53 Å². The van der Waals surface area contributed by atoms with E-state index in [9.17, 15) is 10.1 Å². The van der Waals surface area contributed by atoms with Gasteiger partial charge in [0.2, 0.25) is 11.8 Å². The van der Waals surface area contributed by atoms with E-state index in [0.29, 0.717) is 18.3 Å². The predicted molar refractivity (Wildman–Crippen MR) is 74.5 cm³/mol. The molecule has 0 bridgehead atoms.